The first-order valence-electron chi connectivity index (χ1n) is 5.82. The predicted octanol–water partition coefficient (Wildman–Crippen LogP) is 2.68. The van der Waals surface area contributed by atoms with E-state index < -0.39 is 0 Å². The topological polar surface area (TPSA) is 21.3 Å². The second-order valence-corrected chi connectivity index (χ2v) is 5.31. The fraction of sp³-hybridized carbons (Fsp3) is 0.538. The highest BCUT2D eigenvalue weighted by molar-refractivity contribution is 7.99. The highest BCUT2D eigenvalue weighted by Crippen LogP contribution is 2.21. The van der Waals surface area contributed by atoms with Crippen molar-refractivity contribution >= 4 is 11.8 Å². The number of ether oxygens (including phenoxy) is 1. The SMILES string of the molecule is COCCSc1ccc(CNC2CC2)cc1. The molecule has 1 aliphatic carbocycles. The van der Waals surface area contributed by atoms with Crippen LogP contribution < -0.4 is 5.32 Å². The average Bonchev–Trinajstić information content (AvgIpc) is 3.12. The van der Waals surface area contributed by atoms with E-state index in [0.29, 0.717) is 0 Å². The van der Waals surface area contributed by atoms with Crippen molar-refractivity contribution in [2.45, 2.75) is 30.3 Å². The second-order valence-electron chi connectivity index (χ2n) is 4.14. The van der Waals surface area contributed by atoms with Crippen LogP contribution in [0, 0.1) is 0 Å². The van der Waals surface area contributed by atoms with Crippen molar-refractivity contribution in [2.24, 2.45) is 0 Å². The van der Waals surface area contributed by atoms with E-state index in [2.05, 4.69) is 29.6 Å². The van der Waals surface area contributed by atoms with E-state index in [1.54, 1.807) is 7.11 Å². The molecule has 0 saturated heterocycles. The molecule has 2 rings (SSSR count). The van der Waals surface area contributed by atoms with Gasteiger partial charge in [0.25, 0.3) is 0 Å². The number of nitrogens with one attached hydrogen (secondary N) is 1. The summed E-state index contributed by atoms with van der Waals surface area (Å²) in [4.78, 5) is 1.33. The van der Waals surface area contributed by atoms with Crippen molar-refractivity contribution in [3.63, 3.8) is 0 Å². The Balaban J connectivity index is 1.74. The molecule has 0 aromatic heterocycles. The lowest BCUT2D eigenvalue weighted by atomic mass is 10.2. The minimum absolute atomic E-state index is 0.788. The summed E-state index contributed by atoms with van der Waals surface area (Å²) < 4.78 is 5.03. The van der Waals surface area contributed by atoms with Gasteiger partial charge < -0.3 is 10.1 Å². The van der Waals surface area contributed by atoms with Crippen molar-refractivity contribution in [1.82, 2.24) is 5.32 Å². The maximum atomic E-state index is 5.03. The summed E-state index contributed by atoms with van der Waals surface area (Å²) in [5.74, 6) is 1.02. The molecule has 0 heterocycles. The lowest BCUT2D eigenvalue weighted by molar-refractivity contribution is 0.218. The molecule has 3 heteroatoms. The Morgan fingerprint density at radius 2 is 2.06 bits per heavy atom. The van der Waals surface area contributed by atoms with Gasteiger partial charge in [-0.15, -0.1) is 11.8 Å². The van der Waals surface area contributed by atoms with Crippen LogP contribution in [0.2, 0.25) is 0 Å². The molecule has 2 nitrogen and oxygen atoms in total. The molecule has 0 spiro atoms. The molecular weight excluding hydrogens is 218 g/mol. The first kappa shape index (κ1) is 12.0. The quantitative estimate of drug-likeness (QED) is 0.582. The normalized spacial score (nSPS) is 15.3. The Kier molecular flexibility index (Phi) is 4.69. The monoisotopic (exact) mass is 237 g/mol. The molecular formula is C13H19NOS. The van der Waals surface area contributed by atoms with Gasteiger partial charge in [0.15, 0.2) is 0 Å². The van der Waals surface area contributed by atoms with Gasteiger partial charge in [0, 0.05) is 30.3 Å². The third kappa shape index (κ3) is 4.16. The maximum Gasteiger partial charge on any atom is 0.0556 e. The van der Waals surface area contributed by atoms with E-state index in [9.17, 15) is 0 Å². The number of hydrogen-bond donors (Lipinski definition) is 1. The van der Waals surface area contributed by atoms with Crippen LogP contribution in [-0.2, 0) is 11.3 Å². The fourth-order valence-corrected chi connectivity index (χ4v) is 2.31. The van der Waals surface area contributed by atoms with Crippen LogP contribution in [0.3, 0.4) is 0 Å². The summed E-state index contributed by atoms with van der Waals surface area (Å²) in [6.07, 6.45) is 2.70. The molecule has 1 saturated carbocycles. The Labute approximate surface area is 102 Å². The molecule has 0 aliphatic heterocycles. The number of rotatable bonds is 7. The van der Waals surface area contributed by atoms with Gasteiger partial charge in [-0.25, -0.2) is 0 Å². The smallest absolute Gasteiger partial charge is 0.0556 e. The van der Waals surface area contributed by atoms with Gasteiger partial charge in [-0.05, 0) is 30.5 Å². The fourth-order valence-electron chi connectivity index (χ4n) is 1.50. The Morgan fingerprint density at radius 3 is 2.69 bits per heavy atom. The van der Waals surface area contributed by atoms with Gasteiger partial charge in [-0.3, -0.25) is 0 Å². The van der Waals surface area contributed by atoms with E-state index in [1.807, 2.05) is 11.8 Å². The number of methoxy groups -OCH3 is 1. The molecule has 0 bridgehead atoms. The summed E-state index contributed by atoms with van der Waals surface area (Å²) in [5, 5.41) is 3.52. The van der Waals surface area contributed by atoms with Crippen molar-refractivity contribution in [3.8, 4) is 0 Å². The van der Waals surface area contributed by atoms with Gasteiger partial charge in [0.05, 0.1) is 6.61 Å². The third-order valence-corrected chi connectivity index (χ3v) is 3.63. The lowest BCUT2D eigenvalue weighted by Crippen LogP contribution is -2.14. The molecule has 0 radical (unpaired) electrons. The molecule has 1 aromatic carbocycles. The lowest BCUT2D eigenvalue weighted by Gasteiger charge is -2.05. The Hall–Kier alpha value is -0.510. The first-order valence-corrected chi connectivity index (χ1v) is 6.81. The molecule has 1 N–H and O–H groups in total. The van der Waals surface area contributed by atoms with Crippen LogP contribution in [0.25, 0.3) is 0 Å². The van der Waals surface area contributed by atoms with Crippen molar-refractivity contribution in [1.29, 1.82) is 0 Å². The van der Waals surface area contributed by atoms with Crippen LogP contribution in [0.1, 0.15) is 18.4 Å². The van der Waals surface area contributed by atoms with E-state index in [4.69, 9.17) is 4.74 Å². The molecule has 1 aromatic rings. The summed E-state index contributed by atoms with van der Waals surface area (Å²) in [5.41, 5.74) is 1.38. The Morgan fingerprint density at radius 1 is 1.31 bits per heavy atom. The molecule has 16 heavy (non-hydrogen) atoms. The van der Waals surface area contributed by atoms with Gasteiger partial charge in [-0.1, -0.05) is 12.1 Å². The van der Waals surface area contributed by atoms with E-state index in [0.717, 1.165) is 24.9 Å². The first-order chi connectivity index (χ1) is 7.88. The standard InChI is InChI=1S/C13H19NOS/c1-15-8-9-16-13-6-2-11(3-7-13)10-14-12-4-5-12/h2-3,6-7,12,14H,4-5,8-10H2,1H3. The van der Waals surface area contributed by atoms with E-state index in [-0.39, 0.29) is 0 Å². The average molecular weight is 237 g/mol. The number of thioether (sulfide) groups is 1. The van der Waals surface area contributed by atoms with E-state index >= 15 is 0 Å². The molecule has 0 atom stereocenters. The summed E-state index contributed by atoms with van der Waals surface area (Å²) in [7, 11) is 1.74. The summed E-state index contributed by atoms with van der Waals surface area (Å²) in [6.45, 7) is 1.82. The van der Waals surface area contributed by atoms with Crippen LogP contribution in [0.15, 0.2) is 29.2 Å². The van der Waals surface area contributed by atoms with Crippen molar-refractivity contribution in [2.75, 3.05) is 19.5 Å². The molecule has 88 valence electrons. The van der Waals surface area contributed by atoms with Gasteiger partial charge >= 0.3 is 0 Å². The molecule has 1 aliphatic rings. The summed E-state index contributed by atoms with van der Waals surface area (Å²) in [6, 6.07) is 9.61. The maximum absolute atomic E-state index is 5.03. The zero-order valence-corrected chi connectivity index (χ0v) is 10.6. The number of benzene rings is 1. The van der Waals surface area contributed by atoms with Gasteiger partial charge in [-0.2, -0.15) is 0 Å². The largest absolute Gasteiger partial charge is 0.384 e. The minimum Gasteiger partial charge on any atom is -0.384 e. The molecule has 0 unspecified atom stereocenters. The van der Waals surface area contributed by atoms with Crippen LogP contribution in [0.4, 0.5) is 0 Å². The van der Waals surface area contributed by atoms with Crippen LogP contribution in [0.5, 0.6) is 0 Å². The third-order valence-electron chi connectivity index (χ3n) is 2.65. The predicted molar refractivity (Wildman–Crippen MR) is 68.9 cm³/mol. The van der Waals surface area contributed by atoms with Crippen molar-refractivity contribution in [3.05, 3.63) is 29.8 Å². The van der Waals surface area contributed by atoms with Crippen molar-refractivity contribution < 1.29 is 4.74 Å². The number of hydrogen-bond acceptors (Lipinski definition) is 3. The van der Waals surface area contributed by atoms with E-state index in [1.165, 1.54) is 23.3 Å². The molecule has 0 amide bonds. The second kappa shape index (κ2) is 6.28. The van der Waals surface area contributed by atoms with Crippen LogP contribution in [-0.4, -0.2) is 25.5 Å². The zero-order chi connectivity index (χ0) is 11.2. The Bertz CT molecular complexity index is 308. The molecule has 1 fully saturated rings. The zero-order valence-electron chi connectivity index (χ0n) is 9.74. The minimum atomic E-state index is 0.788. The summed E-state index contributed by atoms with van der Waals surface area (Å²) >= 11 is 1.85. The highest BCUT2D eigenvalue weighted by Gasteiger charge is 2.19. The van der Waals surface area contributed by atoms with Crippen LogP contribution >= 0.6 is 11.8 Å². The van der Waals surface area contributed by atoms with Gasteiger partial charge in [0.2, 0.25) is 0 Å². The highest BCUT2D eigenvalue weighted by atomic mass is 32.2. The van der Waals surface area contributed by atoms with Gasteiger partial charge in [0.1, 0.15) is 0 Å².